The second kappa shape index (κ2) is 5.30. The predicted molar refractivity (Wildman–Crippen MR) is 63.2 cm³/mol. The Morgan fingerprint density at radius 2 is 1.73 bits per heavy atom. The third-order valence-electron chi connectivity index (χ3n) is 3.54. The van der Waals surface area contributed by atoms with Crippen molar-refractivity contribution in [1.82, 2.24) is 4.72 Å². The molecule has 0 aromatic heterocycles. The zero-order valence-corrected chi connectivity index (χ0v) is 10.8. The summed E-state index contributed by atoms with van der Waals surface area (Å²) in [6, 6.07) is 0. The molecule has 0 aliphatic heterocycles. The first kappa shape index (κ1) is 13.0. The molecule has 15 heavy (non-hydrogen) atoms. The standard InChI is InChI=1S/C11H23NO2S/c1-9(2)10-7-5-4-6-8-11(10)15(13,14)12-3/h9-12H,4-8H2,1-3H3. The highest BCUT2D eigenvalue weighted by molar-refractivity contribution is 7.90. The van der Waals surface area contributed by atoms with Crippen molar-refractivity contribution in [2.45, 2.75) is 51.2 Å². The Balaban J connectivity index is 2.89. The molecule has 1 fully saturated rings. The summed E-state index contributed by atoms with van der Waals surface area (Å²) in [6.07, 6.45) is 5.29. The van der Waals surface area contributed by atoms with Crippen molar-refractivity contribution < 1.29 is 8.42 Å². The van der Waals surface area contributed by atoms with Gasteiger partial charge in [0, 0.05) is 0 Å². The summed E-state index contributed by atoms with van der Waals surface area (Å²) >= 11 is 0. The molecule has 4 heteroatoms. The van der Waals surface area contributed by atoms with Crippen molar-refractivity contribution in [1.29, 1.82) is 0 Å². The van der Waals surface area contributed by atoms with Gasteiger partial charge in [0.2, 0.25) is 10.0 Å². The van der Waals surface area contributed by atoms with Crippen LogP contribution in [0.5, 0.6) is 0 Å². The molecule has 0 aromatic rings. The average Bonchev–Trinajstić information content (AvgIpc) is 2.42. The van der Waals surface area contributed by atoms with E-state index in [1.807, 2.05) is 0 Å². The lowest BCUT2D eigenvalue weighted by Gasteiger charge is -2.27. The number of sulfonamides is 1. The van der Waals surface area contributed by atoms with Crippen molar-refractivity contribution in [2.75, 3.05) is 7.05 Å². The SMILES string of the molecule is CNS(=O)(=O)C1CCCCCC1C(C)C. The zero-order valence-electron chi connectivity index (χ0n) is 9.99. The second-order valence-electron chi connectivity index (χ2n) is 4.83. The summed E-state index contributed by atoms with van der Waals surface area (Å²) in [4.78, 5) is 0. The second-order valence-corrected chi connectivity index (χ2v) is 6.94. The van der Waals surface area contributed by atoms with Gasteiger partial charge in [-0.2, -0.15) is 0 Å². The Hall–Kier alpha value is -0.0900. The normalized spacial score (nSPS) is 29.1. The van der Waals surface area contributed by atoms with E-state index in [9.17, 15) is 8.42 Å². The molecule has 0 radical (unpaired) electrons. The summed E-state index contributed by atoms with van der Waals surface area (Å²) in [6.45, 7) is 4.27. The summed E-state index contributed by atoms with van der Waals surface area (Å²) < 4.78 is 26.3. The van der Waals surface area contributed by atoms with Crippen molar-refractivity contribution in [3.05, 3.63) is 0 Å². The molecule has 90 valence electrons. The molecule has 2 unspecified atom stereocenters. The minimum Gasteiger partial charge on any atom is -0.218 e. The first-order valence-electron chi connectivity index (χ1n) is 5.91. The Morgan fingerprint density at radius 3 is 2.27 bits per heavy atom. The van der Waals surface area contributed by atoms with Crippen LogP contribution < -0.4 is 4.72 Å². The van der Waals surface area contributed by atoms with E-state index in [-0.39, 0.29) is 5.25 Å². The summed E-state index contributed by atoms with van der Waals surface area (Å²) in [5.74, 6) is 0.779. The molecule has 0 heterocycles. The minimum atomic E-state index is -3.09. The Bertz CT molecular complexity index is 285. The Kier molecular flexibility index (Phi) is 4.59. The van der Waals surface area contributed by atoms with Crippen LogP contribution in [-0.2, 0) is 10.0 Å². The summed E-state index contributed by atoms with van der Waals surface area (Å²) in [7, 11) is -1.56. The highest BCUT2D eigenvalue weighted by Crippen LogP contribution is 2.32. The van der Waals surface area contributed by atoms with Gasteiger partial charge in [-0.15, -0.1) is 0 Å². The van der Waals surface area contributed by atoms with Crippen molar-refractivity contribution in [3.8, 4) is 0 Å². The molecule has 2 atom stereocenters. The van der Waals surface area contributed by atoms with E-state index >= 15 is 0 Å². The lowest BCUT2D eigenvalue weighted by molar-refractivity contribution is 0.340. The van der Waals surface area contributed by atoms with E-state index in [2.05, 4.69) is 18.6 Å². The molecule has 1 aliphatic carbocycles. The molecule has 0 saturated heterocycles. The molecule has 1 saturated carbocycles. The maximum atomic E-state index is 11.9. The van der Waals surface area contributed by atoms with Gasteiger partial charge >= 0.3 is 0 Å². The van der Waals surface area contributed by atoms with Gasteiger partial charge in [-0.1, -0.05) is 33.1 Å². The number of nitrogens with one attached hydrogen (secondary N) is 1. The highest BCUT2D eigenvalue weighted by Gasteiger charge is 2.34. The molecular formula is C11H23NO2S. The monoisotopic (exact) mass is 233 g/mol. The van der Waals surface area contributed by atoms with Crippen LogP contribution in [-0.4, -0.2) is 20.7 Å². The molecule has 1 rings (SSSR count). The van der Waals surface area contributed by atoms with Gasteiger partial charge in [-0.25, -0.2) is 13.1 Å². The van der Waals surface area contributed by atoms with Gasteiger partial charge in [-0.3, -0.25) is 0 Å². The maximum Gasteiger partial charge on any atom is 0.214 e. The number of rotatable bonds is 3. The van der Waals surface area contributed by atoms with Gasteiger partial charge < -0.3 is 0 Å². The van der Waals surface area contributed by atoms with Gasteiger partial charge in [0.05, 0.1) is 5.25 Å². The minimum absolute atomic E-state index is 0.176. The van der Waals surface area contributed by atoms with E-state index in [1.165, 1.54) is 19.9 Å². The quantitative estimate of drug-likeness (QED) is 0.759. The van der Waals surface area contributed by atoms with E-state index in [0.717, 1.165) is 19.3 Å². The average molecular weight is 233 g/mol. The third kappa shape index (κ3) is 3.18. The van der Waals surface area contributed by atoms with E-state index in [1.54, 1.807) is 0 Å². The van der Waals surface area contributed by atoms with E-state index in [4.69, 9.17) is 0 Å². The van der Waals surface area contributed by atoms with Crippen LogP contribution in [0.3, 0.4) is 0 Å². The summed E-state index contributed by atoms with van der Waals surface area (Å²) in [5.41, 5.74) is 0. The molecule has 3 nitrogen and oxygen atoms in total. The maximum absolute atomic E-state index is 11.9. The molecule has 0 spiro atoms. The first-order valence-corrected chi connectivity index (χ1v) is 7.46. The molecule has 0 amide bonds. The van der Waals surface area contributed by atoms with E-state index < -0.39 is 10.0 Å². The number of hydrogen-bond donors (Lipinski definition) is 1. The zero-order chi connectivity index (χ0) is 11.5. The number of hydrogen-bond acceptors (Lipinski definition) is 2. The van der Waals surface area contributed by atoms with Gasteiger partial charge in [0.15, 0.2) is 0 Å². The van der Waals surface area contributed by atoms with Crippen LogP contribution in [0.15, 0.2) is 0 Å². The van der Waals surface area contributed by atoms with Crippen LogP contribution in [0.2, 0.25) is 0 Å². The smallest absolute Gasteiger partial charge is 0.214 e. The van der Waals surface area contributed by atoms with E-state index in [0.29, 0.717) is 11.8 Å². The van der Waals surface area contributed by atoms with Crippen LogP contribution in [0.25, 0.3) is 0 Å². The van der Waals surface area contributed by atoms with Crippen LogP contribution in [0.4, 0.5) is 0 Å². The third-order valence-corrected chi connectivity index (χ3v) is 5.49. The van der Waals surface area contributed by atoms with Crippen LogP contribution in [0.1, 0.15) is 46.0 Å². The lowest BCUT2D eigenvalue weighted by atomic mass is 9.88. The molecule has 0 bridgehead atoms. The Morgan fingerprint density at radius 1 is 1.13 bits per heavy atom. The predicted octanol–water partition coefficient (Wildman–Crippen LogP) is 2.14. The van der Waals surface area contributed by atoms with Crippen LogP contribution >= 0.6 is 0 Å². The fraction of sp³-hybridized carbons (Fsp3) is 1.00. The fourth-order valence-corrected chi connectivity index (χ4v) is 4.29. The Labute approximate surface area is 93.7 Å². The molecule has 0 aromatic carbocycles. The first-order chi connectivity index (χ1) is 6.99. The van der Waals surface area contributed by atoms with Crippen LogP contribution in [0, 0.1) is 11.8 Å². The summed E-state index contributed by atoms with van der Waals surface area (Å²) in [5, 5.41) is -0.176. The molecule has 1 aliphatic rings. The van der Waals surface area contributed by atoms with Gasteiger partial charge in [0.25, 0.3) is 0 Å². The lowest BCUT2D eigenvalue weighted by Crippen LogP contribution is -2.38. The van der Waals surface area contributed by atoms with Crippen molar-refractivity contribution >= 4 is 10.0 Å². The van der Waals surface area contributed by atoms with Crippen molar-refractivity contribution in [2.24, 2.45) is 11.8 Å². The highest BCUT2D eigenvalue weighted by atomic mass is 32.2. The van der Waals surface area contributed by atoms with Crippen molar-refractivity contribution in [3.63, 3.8) is 0 Å². The van der Waals surface area contributed by atoms with Gasteiger partial charge in [-0.05, 0) is 31.7 Å². The molecule has 1 N–H and O–H groups in total. The fourth-order valence-electron chi connectivity index (χ4n) is 2.60. The van der Waals surface area contributed by atoms with Gasteiger partial charge in [0.1, 0.15) is 0 Å². The molecular weight excluding hydrogens is 210 g/mol. The largest absolute Gasteiger partial charge is 0.218 e. The topological polar surface area (TPSA) is 46.2 Å².